The van der Waals surface area contributed by atoms with E-state index in [9.17, 15) is 0 Å². The summed E-state index contributed by atoms with van der Waals surface area (Å²) in [6.45, 7) is 4.19. The maximum absolute atomic E-state index is 8.90. The topological polar surface area (TPSA) is 41.8 Å². The summed E-state index contributed by atoms with van der Waals surface area (Å²) in [6, 6.07) is 9.77. The molecular weight excluding hydrogens is 254 g/mol. The summed E-state index contributed by atoms with van der Waals surface area (Å²) in [7, 11) is 0. The SMILES string of the molecule is CCOC(=S)SC(/C(C)=N/O)c1ccccc1. The monoisotopic (exact) mass is 269 g/mol. The van der Waals surface area contributed by atoms with Crippen LogP contribution in [-0.4, -0.2) is 21.9 Å². The van der Waals surface area contributed by atoms with Crippen LogP contribution in [0.5, 0.6) is 0 Å². The molecule has 0 amide bonds. The lowest BCUT2D eigenvalue weighted by Crippen LogP contribution is -2.09. The Labute approximate surface area is 111 Å². The van der Waals surface area contributed by atoms with Crippen molar-refractivity contribution in [1.29, 1.82) is 0 Å². The third-order valence-electron chi connectivity index (χ3n) is 2.12. The van der Waals surface area contributed by atoms with Crippen molar-refractivity contribution in [2.75, 3.05) is 6.61 Å². The Morgan fingerprint density at radius 1 is 1.47 bits per heavy atom. The van der Waals surface area contributed by atoms with Gasteiger partial charge in [-0.25, -0.2) is 0 Å². The first-order chi connectivity index (χ1) is 8.19. The zero-order chi connectivity index (χ0) is 12.7. The predicted molar refractivity (Wildman–Crippen MR) is 75.9 cm³/mol. The van der Waals surface area contributed by atoms with Gasteiger partial charge in [0, 0.05) is 0 Å². The highest BCUT2D eigenvalue weighted by Crippen LogP contribution is 2.31. The largest absolute Gasteiger partial charge is 0.479 e. The van der Waals surface area contributed by atoms with E-state index in [0.29, 0.717) is 16.7 Å². The van der Waals surface area contributed by atoms with Gasteiger partial charge < -0.3 is 9.94 Å². The van der Waals surface area contributed by atoms with Gasteiger partial charge in [-0.15, -0.1) is 0 Å². The Balaban J connectivity index is 2.86. The molecule has 0 aromatic heterocycles. The molecule has 0 aliphatic carbocycles. The van der Waals surface area contributed by atoms with Crippen LogP contribution < -0.4 is 0 Å². The number of hydrogen-bond acceptors (Lipinski definition) is 5. The Morgan fingerprint density at radius 2 is 2.12 bits per heavy atom. The van der Waals surface area contributed by atoms with E-state index in [-0.39, 0.29) is 5.25 Å². The van der Waals surface area contributed by atoms with E-state index in [1.165, 1.54) is 11.8 Å². The number of nitrogens with zero attached hydrogens (tertiary/aromatic N) is 1. The summed E-state index contributed by atoms with van der Waals surface area (Å²) in [4.78, 5) is 0. The Morgan fingerprint density at radius 3 is 2.65 bits per heavy atom. The van der Waals surface area contributed by atoms with Crippen molar-refractivity contribution in [2.45, 2.75) is 19.1 Å². The first kappa shape index (κ1) is 14.0. The second-order valence-electron chi connectivity index (χ2n) is 3.33. The van der Waals surface area contributed by atoms with E-state index in [1.807, 2.05) is 37.3 Å². The number of thiocarbonyl (C=S) groups is 1. The van der Waals surface area contributed by atoms with Crippen molar-refractivity contribution in [1.82, 2.24) is 0 Å². The van der Waals surface area contributed by atoms with E-state index < -0.39 is 0 Å². The Kier molecular flexibility index (Phi) is 6.00. The molecule has 0 aliphatic rings. The van der Waals surface area contributed by atoms with Gasteiger partial charge in [-0.2, -0.15) is 0 Å². The normalized spacial score (nSPS) is 13.2. The average Bonchev–Trinajstić information content (AvgIpc) is 2.36. The van der Waals surface area contributed by atoms with Gasteiger partial charge >= 0.3 is 0 Å². The predicted octanol–water partition coefficient (Wildman–Crippen LogP) is 3.63. The number of thioether (sulfide) groups is 1. The third kappa shape index (κ3) is 4.36. The number of oxime groups is 1. The summed E-state index contributed by atoms with van der Waals surface area (Å²) < 4.78 is 5.71. The van der Waals surface area contributed by atoms with Crippen molar-refractivity contribution in [3.63, 3.8) is 0 Å². The standard InChI is InChI=1S/C12H15NO2S2/c1-3-15-12(16)17-11(9(2)13-14)10-7-5-4-6-8-10/h4-8,11,14H,3H2,1-2H3/b13-9+. The molecule has 5 heteroatoms. The fraction of sp³-hybridized carbons (Fsp3) is 0.333. The Hall–Kier alpha value is -1.07. The van der Waals surface area contributed by atoms with E-state index in [1.54, 1.807) is 6.92 Å². The molecule has 1 aromatic carbocycles. The summed E-state index contributed by atoms with van der Waals surface area (Å²) in [5, 5.41) is 12.0. The van der Waals surface area contributed by atoms with Gasteiger partial charge in [-0.1, -0.05) is 47.2 Å². The second-order valence-corrected chi connectivity index (χ2v) is 5.04. The van der Waals surface area contributed by atoms with Crippen LogP contribution in [0.25, 0.3) is 0 Å². The average molecular weight is 269 g/mol. The molecule has 0 aliphatic heterocycles. The van der Waals surface area contributed by atoms with Gasteiger partial charge in [-0.3, -0.25) is 0 Å². The number of benzene rings is 1. The van der Waals surface area contributed by atoms with Gasteiger partial charge in [0.2, 0.25) is 4.38 Å². The molecular formula is C12H15NO2S2. The van der Waals surface area contributed by atoms with Crippen LogP contribution in [-0.2, 0) is 4.74 Å². The molecule has 1 N–H and O–H groups in total. The molecule has 92 valence electrons. The van der Waals surface area contributed by atoms with Gasteiger partial charge in [0.05, 0.1) is 17.6 Å². The molecule has 3 nitrogen and oxygen atoms in total. The molecule has 1 unspecified atom stereocenters. The lowest BCUT2D eigenvalue weighted by molar-refractivity contribution is 0.317. The van der Waals surface area contributed by atoms with Crippen molar-refractivity contribution < 1.29 is 9.94 Å². The van der Waals surface area contributed by atoms with Crippen LogP contribution in [0.15, 0.2) is 35.5 Å². The summed E-state index contributed by atoms with van der Waals surface area (Å²) in [5.74, 6) is 0. The zero-order valence-corrected chi connectivity index (χ0v) is 11.4. The van der Waals surface area contributed by atoms with Crippen LogP contribution >= 0.6 is 24.0 Å². The summed E-state index contributed by atoms with van der Waals surface area (Å²) in [5.41, 5.74) is 1.64. The van der Waals surface area contributed by atoms with Crippen molar-refractivity contribution in [3.05, 3.63) is 35.9 Å². The molecule has 0 heterocycles. The first-order valence-corrected chi connectivity index (χ1v) is 6.54. The van der Waals surface area contributed by atoms with Crippen LogP contribution in [0.1, 0.15) is 24.7 Å². The summed E-state index contributed by atoms with van der Waals surface area (Å²) in [6.07, 6.45) is 0. The highest BCUT2D eigenvalue weighted by Gasteiger charge is 2.18. The highest BCUT2D eigenvalue weighted by molar-refractivity contribution is 8.23. The molecule has 0 saturated carbocycles. The van der Waals surface area contributed by atoms with E-state index in [0.717, 1.165) is 5.56 Å². The molecule has 0 spiro atoms. The number of rotatable bonds is 4. The van der Waals surface area contributed by atoms with Gasteiger partial charge in [0.25, 0.3) is 0 Å². The maximum atomic E-state index is 8.90. The maximum Gasteiger partial charge on any atom is 0.220 e. The van der Waals surface area contributed by atoms with Crippen molar-refractivity contribution in [2.24, 2.45) is 5.16 Å². The molecule has 1 atom stereocenters. The van der Waals surface area contributed by atoms with Crippen LogP contribution in [0.2, 0.25) is 0 Å². The van der Waals surface area contributed by atoms with E-state index >= 15 is 0 Å². The minimum Gasteiger partial charge on any atom is -0.479 e. The van der Waals surface area contributed by atoms with Crippen LogP contribution in [0.4, 0.5) is 0 Å². The molecule has 0 saturated heterocycles. The molecule has 0 radical (unpaired) electrons. The molecule has 0 bridgehead atoms. The van der Waals surface area contributed by atoms with Gasteiger partial charge in [-0.05, 0) is 31.6 Å². The molecule has 17 heavy (non-hydrogen) atoms. The number of hydrogen-bond donors (Lipinski definition) is 1. The van der Waals surface area contributed by atoms with Crippen LogP contribution in [0, 0.1) is 0 Å². The van der Waals surface area contributed by atoms with Crippen molar-refractivity contribution in [3.8, 4) is 0 Å². The second kappa shape index (κ2) is 7.29. The quantitative estimate of drug-likeness (QED) is 0.392. The first-order valence-electron chi connectivity index (χ1n) is 5.26. The lowest BCUT2D eigenvalue weighted by atomic mass is 10.1. The smallest absolute Gasteiger partial charge is 0.220 e. The minimum absolute atomic E-state index is 0.111. The van der Waals surface area contributed by atoms with Crippen LogP contribution in [0.3, 0.4) is 0 Å². The zero-order valence-electron chi connectivity index (χ0n) is 9.79. The summed E-state index contributed by atoms with van der Waals surface area (Å²) >= 11 is 6.47. The fourth-order valence-corrected chi connectivity index (χ4v) is 2.62. The molecule has 1 rings (SSSR count). The molecule has 1 aromatic rings. The molecule has 0 fully saturated rings. The third-order valence-corrected chi connectivity index (χ3v) is 3.68. The van der Waals surface area contributed by atoms with E-state index in [2.05, 4.69) is 5.16 Å². The lowest BCUT2D eigenvalue weighted by Gasteiger charge is -2.16. The van der Waals surface area contributed by atoms with Gasteiger partial charge in [0.15, 0.2) is 0 Å². The fourth-order valence-electron chi connectivity index (χ4n) is 1.32. The minimum atomic E-state index is -0.111. The van der Waals surface area contributed by atoms with E-state index in [4.69, 9.17) is 22.2 Å². The van der Waals surface area contributed by atoms with Crippen molar-refractivity contribution >= 4 is 34.1 Å². The van der Waals surface area contributed by atoms with Gasteiger partial charge in [0.1, 0.15) is 0 Å². The number of ether oxygens (including phenoxy) is 1. The highest BCUT2D eigenvalue weighted by atomic mass is 32.2. The Bertz CT molecular complexity index is 393.